The highest BCUT2D eigenvalue weighted by atomic mass is 16.5. The SMILES string of the molecule is CC(=O)CC1(C)NC(=O)NC1=O.COc1ccc2c(c1)C(=O)N(C)C2. The third-order valence-electron chi connectivity index (χ3n) is 4.02. The van der Waals surface area contributed by atoms with Gasteiger partial charge in [-0.1, -0.05) is 6.07 Å². The molecule has 1 fully saturated rings. The fraction of sp³-hybridized carbons (Fsp3) is 0.412. The fourth-order valence-corrected chi connectivity index (χ4v) is 2.75. The summed E-state index contributed by atoms with van der Waals surface area (Å²) in [7, 11) is 3.40. The van der Waals surface area contributed by atoms with E-state index in [0.717, 1.165) is 16.9 Å². The molecule has 1 atom stereocenters. The summed E-state index contributed by atoms with van der Waals surface area (Å²) in [5, 5.41) is 4.46. The summed E-state index contributed by atoms with van der Waals surface area (Å²) in [4.78, 5) is 45.8. The minimum atomic E-state index is -1.05. The van der Waals surface area contributed by atoms with E-state index in [1.165, 1.54) is 13.8 Å². The molecular formula is C17H21N3O5. The number of ether oxygens (including phenoxy) is 1. The first-order valence-electron chi connectivity index (χ1n) is 7.71. The van der Waals surface area contributed by atoms with E-state index in [9.17, 15) is 19.2 Å². The number of carbonyl (C=O) groups is 4. The Morgan fingerprint density at radius 3 is 2.52 bits per heavy atom. The maximum atomic E-state index is 11.5. The van der Waals surface area contributed by atoms with E-state index in [-0.39, 0.29) is 18.1 Å². The third kappa shape index (κ3) is 3.96. The second kappa shape index (κ2) is 6.92. The monoisotopic (exact) mass is 347 g/mol. The van der Waals surface area contributed by atoms with E-state index in [1.807, 2.05) is 12.1 Å². The minimum Gasteiger partial charge on any atom is -0.497 e. The van der Waals surface area contributed by atoms with E-state index in [4.69, 9.17) is 4.74 Å². The zero-order valence-electron chi connectivity index (χ0n) is 14.6. The maximum absolute atomic E-state index is 11.5. The third-order valence-corrected chi connectivity index (χ3v) is 4.02. The number of fused-ring (bicyclic) bond motifs is 1. The van der Waals surface area contributed by atoms with Crippen LogP contribution in [0.15, 0.2) is 18.2 Å². The molecule has 1 unspecified atom stereocenters. The Morgan fingerprint density at radius 1 is 1.32 bits per heavy atom. The molecule has 8 heteroatoms. The second-order valence-corrected chi connectivity index (χ2v) is 6.30. The molecule has 2 aliphatic heterocycles. The summed E-state index contributed by atoms with van der Waals surface area (Å²) < 4.78 is 5.05. The van der Waals surface area contributed by atoms with Gasteiger partial charge in [-0.25, -0.2) is 4.79 Å². The minimum absolute atomic E-state index is 0.0323. The molecule has 134 valence electrons. The summed E-state index contributed by atoms with van der Waals surface area (Å²) >= 11 is 0. The van der Waals surface area contributed by atoms with Gasteiger partial charge >= 0.3 is 6.03 Å². The van der Waals surface area contributed by atoms with E-state index >= 15 is 0 Å². The Bertz CT molecular complexity index is 746. The number of hydrogen-bond acceptors (Lipinski definition) is 5. The molecule has 2 heterocycles. The van der Waals surface area contributed by atoms with Crippen LogP contribution in [0, 0.1) is 0 Å². The van der Waals surface area contributed by atoms with Crippen molar-refractivity contribution in [3.63, 3.8) is 0 Å². The molecule has 8 nitrogen and oxygen atoms in total. The molecule has 0 aliphatic carbocycles. The Labute approximate surface area is 145 Å². The van der Waals surface area contributed by atoms with Crippen molar-refractivity contribution in [1.82, 2.24) is 15.5 Å². The second-order valence-electron chi connectivity index (χ2n) is 6.30. The van der Waals surface area contributed by atoms with Gasteiger partial charge in [0.15, 0.2) is 0 Å². The Hall–Kier alpha value is -2.90. The van der Waals surface area contributed by atoms with Crippen molar-refractivity contribution < 1.29 is 23.9 Å². The maximum Gasteiger partial charge on any atom is 0.322 e. The molecule has 2 aliphatic rings. The summed E-state index contributed by atoms with van der Waals surface area (Å²) in [6.07, 6.45) is 0.0323. The van der Waals surface area contributed by atoms with Crippen molar-refractivity contribution in [2.45, 2.75) is 32.4 Å². The highest BCUT2D eigenvalue weighted by Crippen LogP contribution is 2.25. The zero-order valence-corrected chi connectivity index (χ0v) is 14.6. The lowest BCUT2D eigenvalue weighted by Gasteiger charge is -2.17. The highest BCUT2D eigenvalue weighted by Gasteiger charge is 2.42. The number of rotatable bonds is 3. The van der Waals surface area contributed by atoms with Crippen LogP contribution in [-0.4, -0.2) is 48.2 Å². The zero-order chi connectivity index (χ0) is 18.8. The van der Waals surface area contributed by atoms with Gasteiger partial charge in [-0.15, -0.1) is 0 Å². The first-order chi connectivity index (χ1) is 11.7. The topological polar surface area (TPSA) is 105 Å². The van der Waals surface area contributed by atoms with Gasteiger partial charge in [-0.05, 0) is 31.5 Å². The number of nitrogens with one attached hydrogen (secondary N) is 2. The molecule has 2 N–H and O–H groups in total. The summed E-state index contributed by atoms with van der Waals surface area (Å²) in [6, 6.07) is 5.07. The number of carbonyl (C=O) groups excluding carboxylic acids is 4. The van der Waals surface area contributed by atoms with Crippen molar-refractivity contribution in [1.29, 1.82) is 0 Å². The van der Waals surface area contributed by atoms with E-state index in [2.05, 4.69) is 10.6 Å². The number of Topliss-reactive ketones (excluding diaryl/α,β-unsaturated/α-hetero) is 1. The molecule has 0 aromatic heterocycles. The number of urea groups is 1. The van der Waals surface area contributed by atoms with Gasteiger partial charge in [0.05, 0.1) is 7.11 Å². The number of methoxy groups -OCH3 is 1. The number of imide groups is 1. The Morgan fingerprint density at radius 2 is 2.00 bits per heavy atom. The lowest BCUT2D eigenvalue weighted by molar-refractivity contribution is -0.127. The van der Waals surface area contributed by atoms with Crippen LogP contribution in [0.1, 0.15) is 36.2 Å². The average Bonchev–Trinajstić information content (AvgIpc) is 2.94. The predicted octanol–water partition coefficient (Wildman–Crippen LogP) is 0.844. The molecular weight excluding hydrogens is 326 g/mol. The number of hydrogen-bond donors (Lipinski definition) is 2. The molecule has 25 heavy (non-hydrogen) atoms. The lowest BCUT2D eigenvalue weighted by Crippen LogP contribution is -2.45. The smallest absolute Gasteiger partial charge is 0.322 e. The van der Waals surface area contributed by atoms with Crippen LogP contribution in [0.2, 0.25) is 0 Å². The molecule has 1 saturated heterocycles. The van der Waals surface area contributed by atoms with Crippen LogP contribution < -0.4 is 15.4 Å². The highest BCUT2D eigenvalue weighted by molar-refractivity contribution is 6.08. The van der Waals surface area contributed by atoms with Gasteiger partial charge in [0, 0.05) is 25.6 Å². The molecule has 0 bridgehead atoms. The number of ketones is 1. The van der Waals surface area contributed by atoms with Crippen molar-refractivity contribution in [3.8, 4) is 5.75 Å². The van der Waals surface area contributed by atoms with Gasteiger partial charge in [0.25, 0.3) is 11.8 Å². The van der Waals surface area contributed by atoms with Gasteiger partial charge in [0.1, 0.15) is 17.1 Å². The summed E-state index contributed by atoms with van der Waals surface area (Å²) in [5.74, 6) is 0.244. The summed E-state index contributed by atoms with van der Waals surface area (Å²) in [5.41, 5.74) is 0.790. The van der Waals surface area contributed by atoms with E-state index in [0.29, 0.717) is 6.54 Å². The van der Waals surface area contributed by atoms with Crippen molar-refractivity contribution >= 4 is 23.6 Å². The molecule has 0 saturated carbocycles. The van der Waals surface area contributed by atoms with Crippen LogP contribution >= 0.6 is 0 Å². The number of benzene rings is 1. The fourth-order valence-electron chi connectivity index (χ4n) is 2.75. The molecule has 4 amide bonds. The van der Waals surface area contributed by atoms with Gasteiger partial charge in [-0.2, -0.15) is 0 Å². The molecule has 0 spiro atoms. The van der Waals surface area contributed by atoms with Crippen LogP contribution in [0.3, 0.4) is 0 Å². The van der Waals surface area contributed by atoms with Crippen LogP contribution in [0.25, 0.3) is 0 Å². The molecule has 0 radical (unpaired) electrons. The van der Waals surface area contributed by atoms with E-state index in [1.54, 1.807) is 25.1 Å². The Kier molecular flexibility index (Phi) is 5.10. The van der Waals surface area contributed by atoms with E-state index < -0.39 is 17.5 Å². The molecule has 1 aromatic rings. The Balaban J connectivity index is 0.000000181. The van der Waals surface area contributed by atoms with Crippen LogP contribution in [0.4, 0.5) is 4.79 Å². The predicted molar refractivity (Wildman–Crippen MR) is 89.2 cm³/mol. The molecule has 3 rings (SSSR count). The van der Waals surface area contributed by atoms with Crippen LogP contribution in [0.5, 0.6) is 5.75 Å². The average molecular weight is 347 g/mol. The standard InChI is InChI=1S/C10H11NO2.C7H10N2O3/c1-11-6-7-3-4-8(13-2)5-9(7)10(11)12;1-4(10)3-7(2)5(11)8-6(12)9-7/h3-5H,6H2,1-2H3;3H2,1-2H3,(H2,8,9,11,12). The van der Waals surface area contributed by atoms with Gasteiger partial charge in [0.2, 0.25) is 0 Å². The summed E-state index contributed by atoms with van der Waals surface area (Å²) in [6.45, 7) is 3.61. The van der Waals surface area contributed by atoms with Crippen molar-refractivity contribution in [2.75, 3.05) is 14.2 Å². The van der Waals surface area contributed by atoms with Crippen LogP contribution in [-0.2, 0) is 16.1 Å². The van der Waals surface area contributed by atoms with Crippen molar-refractivity contribution in [2.24, 2.45) is 0 Å². The van der Waals surface area contributed by atoms with Crippen molar-refractivity contribution in [3.05, 3.63) is 29.3 Å². The largest absolute Gasteiger partial charge is 0.497 e. The lowest BCUT2D eigenvalue weighted by atomic mass is 9.96. The van der Waals surface area contributed by atoms with Gasteiger partial charge < -0.3 is 15.0 Å². The first-order valence-corrected chi connectivity index (χ1v) is 7.71. The number of nitrogens with zero attached hydrogens (tertiary/aromatic N) is 1. The first kappa shape index (κ1) is 18.4. The van der Waals surface area contributed by atoms with Gasteiger partial charge in [-0.3, -0.25) is 19.7 Å². The normalized spacial score (nSPS) is 21.1. The number of amides is 4. The quantitative estimate of drug-likeness (QED) is 0.789. The molecule has 1 aromatic carbocycles.